The number of alkyl halides is 1. The Labute approximate surface area is 128 Å². The van der Waals surface area contributed by atoms with Crippen LogP contribution >= 0.6 is 38.9 Å². The number of thiazole rings is 1. The smallest absolute Gasteiger partial charge is 0.171 e. The van der Waals surface area contributed by atoms with Crippen molar-refractivity contribution in [3.8, 4) is 17.3 Å². The van der Waals surface area contributed by atoms with Crippen LogP contribution in [-0.4, -0.2) is 16.6 Å². The van der Waals surface area contributed by atoms with Gasteiger partial charge in [0, 0.05) is 15.4 Å². The van der Waals surface area contributed by atoms with Crippen LogP contribution in [0.25, 0.3) is 11.3 Å². The van der Waals surface area contributed by atoms with Crippen molar-refractivity contribution in [3.05, 3.63) is 39.1 Å². The Morgan fingerprint density at radius 2 is 2.16 bits per heavy atom. The molecule has 0 radical (unpaired) electrons. The van der Waals surface area contributed by atoms with E-state index in [0.29, 0.717) is 5.01 Å². The zero-order chi connectivity index (χ0) is 13.8. The van der Waals surface area contributed by atoms with Gasteiger partial charge in [-0.3, -0.25) is 4.79 Å². The lowest BCUT2D eigenvalue weighted by Gasteiger charge is -2.01. The first kappa shape index (κ1) is 14.2. The number of halogens is 2. The summed E-state index contributed by atoms with van der Waals surface area (Å²) in [5.41, 5.74) is 1.70. The van der Waals surface area contributed by atoms with Gasteiger partial charge < -0.3 is 0 Å². The van der Waals surface area contributed by atoms with Crippen LogP contribution in [0.4, 0.5) is 0 Å². The van der Waals surface area contributed by atoms with Gasteiger partial charge in [0.25, 0.3) is 0 Å². The summed E-state index contributed by atoms with van der Waals surface area (Å²) in [5, 5.41) is 11.4. The zero-order valence-corrected chi connectivity index (χ0v) is 12.8. The Morgan fingerprint density at radius 1 is 1.47 bits per heavy atom. The van der Waals surface area contributed by atoms with E-state index in [1.54, 1.807) is 0 Å². The summed E-state index contributed by atoms with van der Waals surface area (Å²) in [6.45, 7) is 0. The molecule has 0 N–H and O–H groups in total. The number of ketones is 1. The highest BCUT2D eigenvalue weighted by molar-refractivity contribution is 9.10. The number of hydrogen-bond donors (Lipinski definition) is 0. The van der Waals surface area contributed by atoms with E-state index in [-0.39, 0.29) is 11.7 Å². The second kappa shape index (κ2) is 6.29. The van der Waals surface area contributed by atoms with Crippen molar-refractivity contribution < 1.29 is 4.79 Å². The van der Waals surface area contributed by atoms with Gasteiger partial charge in [-0.1, -0.05) is 28.1 Å². The first-order valence-electron chi connectivity index (χ1n) is 5.35. The molecule has 1 aromatic carbocycles. The van der Waals surface area contributed by atoms with Gasteiger partial charge in [-0.05, 0) is 12.1 Å². The van der Waals surface area contributed by atoms with Crippen LogP contribution < -0.4 is 0 Å². The van der Waals surface area contributed by atoms with Crippen LogP contribution in [-0.2, 0) is 4.79 Å². The van der Waals surface area contributed by atoms with Crippen LogP contribution in [0.1, 0.15) is 10.9 Å². The van der Waals surface area contributed by atoms with Crippen molar-refractivity contribution in [2.75, 3.05) is 5.88 Å². The van der Waals surface area contributed by atoms with E-state index in [1.807, 2.05) is 35.7 Å². The predicted molar refractivity (Wildman–Crippen MR) is 79.3 cm³/mol. The number of aromatic nitrogens is 1. The Kier molecular flexibility index (Phi) is 4.70. The van der Waals surface area contributed by atoms with Crippen molar-refractivity contribution in [3.63, 3.8) is 0 Å². The fourth-order valence-corrected chi connectivity index (χ4v) is 2.83. The van der Waals surface area contributed by atoms with E-state index in [1.165, 1.54) is 11.3 Å². The van der Waals surface area contributed by atoms with E-state index in [4.69, 9.17) is 16.9 Å². The van der Waals surface area contributed by atoms with Crippen molar-refractivity contribution in [2.45, 2.75) is 5.92 Å². The average Bonchev–Trinajstić information content (AvgIpc) is 2.89. The summed E-state index contributed by atoms with van der Waals surface area (Å²) >= 11 is 10.2. The van der Waals surface area contributed by atoms with Crippen LogP contribution in [0, 0.1) is 11.3 Å². The molecule has 0 spiro atoms. The third-order valence-corrected chi connectivity index (χ3v) is 4.19. The molecule has 1 atom stereocenters. The quantitative estimate of drug-likeness (QED) is 0.779. The standard InChI is InChI=1S/C13H8BrClN2OS/c14-9-3-1-8(2-4-9)11-7-19-13(17-11)10(6-16)12(18)5-15/h1-4,7,10H,5H2. The molecule has 3 nitrogen and oxygen atoms in total. The van der Waals surface area contributed by atoms with Gasteiger partial charge in [0.2, 0.25) is 0 Å². The number of hydrogen-bond acceptors (Lipinski definition) is 4. The van der Waals surface area contributed by atoms with Gasteiger partial charge in [-0.2, -0.15) is 5.26 Å². The molecule has 19 heavy (non-hydrogen) atoms. The highest BCUT2D eigenvalue weighted by atomic mass is 79.9. The SMILES string of the molecule is N#CC(C(=O)CCl)c1nc(-c2ccc(Br)cc2)cs1. The third-order valence-electron chi connectivity index (χ3n) is 2.49. The van der Waals surface area contributed by atoms with Crippen molar-refractivity contribution in [1.82, 2.24) is 4.98 Å². The van der Waals surface area contributed by atoms with Gasteiger partial charge in [-0.25, -0.2) is 4.98 Å². The molecule has 1 aromatic heterocycles. The summed E-state index contributed by atoms with van der Waals surface area (Å²) in [7, 11) is 0. The molecule has 0 saturated heterocycles. The molecule has 0 saturated carbocycles. The molecule has 0 aliphatic rings. The average molecular weight is 356 g/mol. The summed E-state index contributed by atoms with van der Waals surface area (Å²) in [6.07, 6.45) is 0. The van der Waals surface area contributed by atoms with Crippen molar-refractivity contribution >= 4 is 44.7 Å². The van der Waals surface area contributed by atoms with E-state index < -0.39 is 5.92 Å². The monoisotopic (exact) mass is 354 g/mol. The van der Waals surface area contributed by atoms with Gasteiger partial charge in [0.05, 0.1) is 17.6 Å². The lowest BCUT2D eigenvalue weighted by molar-refractivity contribution is -0.117. The fraction of sp³-hybridized carbons (Fsp3) is 0.154. The second-order valence-corrected chi connectivity index (χ2v) is 5.81. The van der Waals surface area contributed by atoms with Gasteiger partial charge in [0.15, 0.2) is 11.7 Å². The molecule has 6 heteroatoms. The summed E-state index contributed by atoms with van der Waals surface area (Å²) in [4.78, 5) is 15.9. The summed E-state index contributed by atoms with van der Waals surface area (Å²) in [6, 6.07) is 9.63. The number of carbonyl (C=O) groups excluding carboxylic acids is 1. The van der Waals surface area contributed by atoms with E-state index in [9.17, 15) is 4.79 Å². The Morgan fingerprint density at radius 3 is 2.74 bits per heavy atom. The maximum absolute atomic E-state index is 11.5. The van der Waals surface area contributed by atoms with Crippen LogP contribution in [0.2, 0.25) is 0 Å². The third kappa shape index (κ3) is 3.21. The molecule has 0 amide bonds. The minimum absolute atomic E-state index is 0.175. The predicted octanol–water partition coefficient (Wildman–Crippen LogP) is 3.99. The first-order valence-corrected chi connectivity index (χ1v) is 7.56. The number of Topliss-reactive ketones (excluding diaryl/α,β-unsaturated/α-hetero) is 1. The molecular weight excluding hydrogens is 348 g/mol. The van der Waals surface area contributed by atoms with E-state index in [2.05, 4.69) is 20.9 Å². The summed E-state index contributed by atoms with van der Waals surface area (Å²) in [5.74, 6) is -1.36. The molecule has 0 fully saturated rings. The normalized spacial score (nSPS) is 11.8. The molecule has 0 bridgehead atoms. The second-order valence-electron chi connectivity index (χ2n) is 3.74. The van der Waals surface area contributed by atoms with Crippen LogP contribution in [0.3, 0.4) is 0 Å². The molecule has 2 rings (SSSR count). The summed E-state index contributed by atoms with van der Waals surface area (Å²) < 4.78 is 0.985. The Hall–Kier alpha value is -1.22. The Bertz CT molecular complexity index is 633. The van der Waals surface area contributed by atoms with Crippen molar-refractivity contribution in [1.29, 1.82) is 5.26 Å². The van der Waals surface area contributed by atoms with Gasteiger partial charge >= 0.3 is 0 Å². The van der Waals surface area contributed by atoms with Crippen LogP contribution in [0.15, 0.2) is 34.1 Å². The molecule has 0 aliphatic carbocycles. The number of rotatable bonds is 4. The van der Waals surface area contributed by atoms with E-state index >= 15 is 0 Å². The lowest BCUT2D eigenvalue weighted by Crippen LogP contribution is -2.11. The zero-order valence-electron chi connectivity index (χ0n) is 9.64. The number of benzene rings is 1. The highest BCUT2D eigenvalue weighted by Gasteiger charge is 2.22. The number of carbonyl (C=O) groups is 1. The fourth-order valence-electron chi connectivity index (χ4n) is 1.52. The maximum atomic E-state index is 11.5. The van der Waals surface area contributed by atoms with Crippen molar-refractivity contribution in [2.24, 2.45) is 0 Å². The number of nitriles is 1. The number of nitrogens with zero attached hydrogens (tertiary/aromatic N) is 2. The molecular formula is C13H8BrClN2OS. The van der Waals surface area contributed by atoms with Gasteiger partial charge in [0.1, 0.15) is 5.01 Å². The lowest BCUT2D eigenvalue weighted by atomic mass is 10.1. The van der Waals surface area contributed by atoms with Crippen LogP contribution in [0.5, 0.6) is 0 Å². The topological polar surface area (TPSA) is 53.8 Å². The molecule has 1 unspecified atom stereocenters. The maximum Gasteiger partial charge on any atom is 0.171 e. The molecule has 96 valence electrons. The molecule has 2 aromatic rings. The minimum atomic E-state index is -0.869. The molecule has 0 aliphatic heterocycles. The Balaban J connectivity index is 2.31. The van der Waals surface area contributed by atoms with E-state index in [0.717, 1.165) is 15.7 Å². The highest BCUT2D eigenvalue weighted by Crippen LogP contribution is 2.27. The minimum Gasteiger partial charge on any atom is -0.296 e. The first-order chi connectivity index (χ1) is 9.15. The molecule has 1 heterocycles. The van der Waals surface area contributed by atoms with Gasteiger partial charge in [-0.15, -0.1) is 22.9 Å². The largest absolute Gasteiger partial charge is 0.296 e.